The van der Waals surface area contributed by atoms with Gasteiger partial charge in [-0.25, -0.2) is 0 Å². The highest BCUT2D eigenvalue weighted by Crippen LogP contribution is 2.61. The second-order valence-electron chi connectivity index (χ2n) is 6.64. The molecule has 0 aromatic heterocycles. The molecule has 3 atom stereocenters. The van der Waals surface area contributed by atoms with Crippen LogP contribution in [0.5, 0.6) is 0 Å². The second-order valence-corrected chi connectivity index (χ2v) is 6.64. The third-order valence-corrected chi connectivity index (χ3v) is 5.23. The van der Waals surface area contributed by atoms with Crippen LogP contribution in [0.1, 0.15) is 59.3 Å². The van der Waals surface area contributed by atoms with E-state index in [0.717, 1.165) is 38.5 Å². The van der Waals surface area contributed by atoms with Crippen LogP contribution in [0.25, 0.3) is 0 Å². The summed E-state index contributed by atoms with van der Waals surface area (Å²) in [7, 11) is 0. The Morgan fingerprint density at radius 1 is 1.25 bits per heavy atom. The van der Waals surface area contributed by atoms with Gasteiger partial charge in [-0.05, 0) is 49.9 Å². The van der Waals surface area contributed by atoms with Crippen LogP contribution in [0.15, 0.2) is 0 Å². The topological polar surface area (TPSA) is 44.0 Å². The number of nitrogens with zero attached hydrogens (tertiary/aromatic N) is 1. The maximum absolute atomic E-state index is 11.1. The lowest BCUT2D eigenvalue weighted by Gasteiger charge is -2.46. The molecule has 0 bridgehead atoms. The molecule has 0 heterocycles. The molecule has 2 aliphatic rings. The molecule has 0 aromatic carbocycles. The number of nitriles is 1. The molecule has 0 aromatic rings. The molecule has 90 valence electrons. The minimum absolute atomic E-state index is 0.104. The van der Waals surface area contributed by atoms with Gasteiger partial charge in [0.25, 0.3) is 0 Å². The van der Waals surface area contributed by atoms with Crippen LogP contribution in [-0.4, -0.2) is 10.7 Å². The van der Waals surface area contributed by atoms with Crippen molar-refractivity contribution < 1.29 is 5.11 Å². The lowest BCUT2D eigenvalue weighted by molar-refractivity contribution is -0.120. The fraction of sp³-hybridized carbons (Fsp3) is 0.929. The molecule has 3 unspecified atom stereocenters. The highest BCUT2D eigenvalue weighted by molar-refractivity contribution is 5.20. The standard InChI is InChI=1S/C14H23NO/c1-11-5-8-13(9-11,10-15)14(16)7-4-6-12(14,2)3/h11,16H,4-9H2,1-3H3. The minimum atomic E-state index is -0.764. The molecule has 2 fully saturated rings. The van der Waals surface area contributed by atoms with E-state index in [2.05, 4.69) is 26.8 Å². The third kappa shape index (κ3) is 1.34. The molecule has 2 heteroatoms. The molecular formula is C14H23NO. The zero-order valence-electron chi connectivity index (χ0n) is 10.7. The van der Waals surface area contributed by atoms with Crippen LogP contribution in [-0.2, 0) is 0 Å². The van der Waals surface area contributed by atoms with Gasteiger partial charge < -0.3 is 5.11 Å². The van der Waals surface area contributed by atoms with Crippen molar-refractivity contribution in [3.8, 4) is 6.07 Å². The quantitative estimate of drug-likeness (QED) is 0.738. The first-order valence-corrected chi connectivity index (χ1v) is 6.51. The third-order valence-electron chi connectivity index (χ3n) is 5.23. The lowest BCUT2D eigenvalue weighted by atomic mass is 9.60. The van der Waals surface area contributed by atoms with Crippen molar-refractivity contribution in [2.45, 2.75) is 64.9 Å². The molecular weight excluding hydrogens is 198 g/mol. The van der Waals surface area contributed by atoms with Gasteiger partial charge in [-0.1, -0.05) is 20.8 Å². The summed E-state index contributed by atoms with van der Waals surface area (Å²) in [6, 6.07) is 2.50. The van der Waals surface area contributed by atoms with Crippen LogP contribution < -0.4 is 0 Å². The van der Waals surface area contributed by atoms with Gasteiger partial charge in [0.15, 0.2) is 0 Å². The van der Waals surface area contributed by atoms with E-state index in [9.17, 15) is 10.4 Å². The van der Waals surface area contributed by atoms with E-state index in [1.807, 2.05) is 0 Å². The fourth-order valence-electron chi connectivity index (χ4n) is 4.08. The SMILES string of the molecule is CC1CCC(C#N)(C2(O)CCCC2(C)C)C1. The highest BCUT2D eigenvalue weighted by Gasteiger charge is 2.62. The number of hydrogen-bond donors (Lipinski definition) is 1. The molecule has 0 amide bonds. The van der Waals surface area contributed by atoms with E-state index < -0.39 is 11.0 Å². The summed E-state index contributed by atoms with van der Waals surface area (Å²) in [4.78, 5) is 0. The van der Waals surface area contributed by atoms with Gasteiger partial charge in [0.1, 0.15) is 0 Å². The van der Waals surface area contributed by atoms with Gasteiger partial charge in [-0.3, -0.25) is 0 Å². The zero-order chi connectivity index (χ0) is 12.0. The van der Waals surface area contributed by atoms with Crippen LogP contribution in [0, 0.1) is 28.1 Å². The van der Waals surface area contributed by atoms with Crippen molar-refractivity contribution in [2.24, 2.45) is 16.7 Å². The van der Waals surface area contributed by atoms with Crippen molar-refractivity contribution in [2.75, 3.05) is 0 Å². The van der Waals surface area contributed by atoms with E-state index in [1.165, 1.54) is 0 Å². The van der Waals surface area contributed by atoms with Crippen LogP contribution in [0.4, 0.5) is 0 Å². The maximum atomic E-state index is 11.1. The van der Waals surface area contributed by atoms with E-state index in [1.54, 1.807) is 0 Å². The van der Waals surface area contributed by atoms with Crippen molar-refractivity contribution in [3.05, 3.63) is 0 Å². The predicted molar refractivity (Wildman–Crippen MR) is 63.6 cm³/mol. The summed E-state index contributed by atoms with van der Waals surface area (Å²) in [5.74, 6) is 0.583. The largest absolute Gasteiger partial charge is 0.388 e. The van der Waals surface area contributed by atoms with E-state index in [0.29, 0.717) is 5.92 Å². The first-order valence-electron chi connectivity index (χ1n) is 6.51. The molecule has 2 aliphatic carbocycles. The number of rotatable bonds is 1. The van der Waals surface area contributed by atoms with Gasteiger partial charge in [-0.15, -0.1) is 0 Å². The molecule has 2 nitrogen and oxygen atoms in total. The fourth-order valence-corrected chi connectivity index (χ4v) is 4.08. The van der Waals surface area contributed by atoms with Crippen molar-refractivity contribution in [3.63, 3.8) is 0 Å². The smallest absolute Gasteiger partial charge is 0.0883 e. The molecule has 16 heavy (non-hydrogen) atoms. The van der Waals surface area contributed by atoms with Gasteiger partial charge in [-0.2, -0.15) is 5.26 Å². The first kappa shape index (κ1) is 11.9. The molecule has 0 radical (unpaired) electrons. The molecule has 0 spiro atoms. The van der Waals surface area contributed by atoms with Crippen LogP contribution in [0.3, 0.4) is 0 Å². The van der Waals surface area contributed by atoms with Gasteiger partial charge in [0.05, 0.1) is 17.1 Å². The molecule has 1 N–H and O–H groups in total. The van der Waals surface area contributed by atoms with Gasteiger partial charge >= 0.3 is 0 Å². The monoisotopic (exact) mass is 221 g/mol. The first-order chi connectivity index (χ1) is 7.37. The molecule has 2 rings (SSSR count). The average Bonchev–Trinajstić information content (AvgIpc) is 2.71. The van der Waals surface area contributed by atoms with E-state index in [4.69, 9.17) is 0 Å². The minimum Gasteiger partial charge on any atom is -0.388 e. The second kappa shape index (κ2) is 3.47. The van der Waals surface area contributed by atoms with Crippen molar-refractivity contribution in [1.29, 1.82) is 5.26 Å². The Labute approximate surface area is 98.7 Å². The zero-order valence-corrected chi connectivity index (χ0v) is 10.7. The van der Waals surface area contributed by atoms with E-state index >= 15 is 0 Å². The van der Waals surface area contributed by atoms with Gasteiger partial charge in [0.2, 0.25) is 0 Å². The Morgan fingerprint density at radius 2 is 1.94 bits per heavy atom. The highest BCUT2D eigenvalue weighted by atomic mass is 16.3. The van der Waals surface area contributed by atoms with Crippen LogP contribution in [0.2, 0.25) is 0 Å². The molecule has 2 saturated carbocycles. The van der Waals surface area contributed by atoms with Gasteiger partial charge in [0, 0.05) is 0 Å². The normalized spacial score (nSPS) is 46.8. The maximum Gasteiger partial charge on any atom is 0.0883 e. The summed E-state index contributed by atoms with van der Waals surface area (Å²) in [5, 5.41) is 20.6. The summed E-state index contributed by atoms with van der Waals surface area (Å²) in [6.45, 7) is 6.45. The Bertz CT molecular complexity index is 330. The number of aliphatic hydroxyl groups is 1. The van der Waals surface area contributed by atoms with Crippen molar-refractivity contribution >= 4 is 0 Å². The average molecular weight is 221 g/mol. The molecule has 0 aliphatic heterocycles. The lowest BCUT2D eigenvalue weighted by Crippen LogP contribution is -2.53. The summed E-state index contributed by atoms with van der Waals surface area (Å²) in [6.07, 6.45) is 5.75. The Hall–Kier alpha value is -0.550. The van der Waals surface area contributed by atoms with E-state index in [-0.39, 0.29) is 5.41 Å². The van der Waals surface area contributed by atoms with Crippen LogP contribution >= 0.6 is 0 Å². The summed E-state index contributed by atoms with van der Waals surface area (Å²) in [5.41, 5.74) is -1.35. The number of hydrogen-bond acceptors (Lipinski definition) is 2. The Balaban J connectivity index is 2.39. The predicted octanol–water partition coefficient (Wildman–Crippen LogP) is 3.26. The Morgan fingerprint density at radius 3 is 2.31 bits per heavy atom. The Kier molecular flexibility index (Phi) is 2.58. The van der Waals surface area contributed by atoms with Crippen molar-refractivity contribution in [1.82, 2.24) is 0 Å². The summed E-state index contributed by atoms with van der Waals surface area (Å²) < 4.78 is 0. The summed E-state index contributed by atoms with van der Waals surface area (Å²) >= 11 is 0. The molecule has 0 saturated heterocycles.